The fourth-order valence-electron chi connectivity index (χ4n) is 1.53. The van der Waals surface area contributed by atoms with Gasteiger partial charge in [0.15, 0.2) is 0 Å². The maximum atomic E-state index is 12.0. The molecule has 2 rings (SSSR count). The molecule has 0 aromatic carbocycles. The smallest absolute Gasteiger partial charge is 0.277 e. The van der Waals surface area contributed by atoms with Crippen LogP contribution in [0.15, 0.2) is 0 Å². The molecule has 1 aromatic rings. The molecule has 8 heteroatoms. The van der Waals surface area contributed by atoms with E-state index in [0.717, 1.165) is 16.4 Å². The Kier molecular flexibility index (Phi) is 2.88. The van der Waals surface area contributed by atoms with Gasteiger partial charge in [0.05, 0.1) is 0 Å². The normalized spacial score (nSPS) is 20.7. The van der Waals surface area contributed by atoms with Crippen molar-refractivity contribution in [3.63, 3.8) is 0 Å². The number of barbiturate groups is 1. The van der Waals surface area contributed by atoms with Crippen LogP contribution in [0.3, 0.4) is 0 Å². The molecule has 0 radical (unpaired) electrons. The Bertz CT molecular complexity index is 498. The Morgan fingerprint density at radius 2 is 2.12 bits per heavy atom. The summed E-state index contributed by atoms with van der Waals surface area (Å²) in [6, 6.07) is -0.763. The first-order valence-corrected chi connectivity index (χ1v) is 5.81. The highest BCUT2D eigenvalue weighted by molar-refractivity contribution is 7.10. The van der Waals surface area contributed by atoms with E-state index in [1.165, 1.54) is 0 Å². The standard InChI is InChI=1S/C9H10N4O3S/c1-3-5-6(14)11-8(16)13(7(5)15)9-10-4(2)12-17-9/h5H,3H2,1-2H3,(H,11,14,16). The number of aromatic nitrogens is 2. The minimum Gasteiger partial charge on any atom is -0.277 e. The zero-order valence-electron chi connectivity index (χ0n) is 9.26. The van der Waals surface area contributed by atoms with Crippen molar-refractivity contribution in [3.05, 3.63) is 5.82 Å². The van der Waals surface area contributed by atoms with Crippen LogP contribution < -0.4 is 10.2 Å². The third-order valence-electron chi connectivity index (χ3n) is 2.38. The molecule has 0 aliphatic carbocycles. The lowest BCUT2D eigenvalue weighted by Crippen LogP contribution is -2.58. The van der Waals surface area contributed by atoms with E-state index < -0.39 is 23.8 Å². The number of imide groups is 2. The van der Waals surface area contributed by atoms with E-state index >= 15 is 0 Å². The molecule has 1 N–H and O–H groups in total. The molecule has 0 bridgehead atoms. The number of hydrogen-bond acceptors (Lipinski definition) is 6. The Labute approximate surface area is 101 Å². The molecule has 4 amide bonds. The number of carbonyl (C=O) groups is 3. The van der Waals surface area contributed by atoms with Gasteiger partial charge in [-0.05, 0) is 13.3 Å². The highest BCUT2D eigenvalue weighted by atomic mass is 32.1. The van der Waals surface area contributed by atoms with Gasteiger partial charge in [-0.3, -0.25) is 14.9 Å². The van der Waals surface area contributed by atoms with Crippen LogP contribution in [0.2, 0.25) is 0 Å². The first-order chi connectivity index (χ1) is 8.04. The van der Waals surface area contributed by atoms with Gasteiger partial charge >= 0.3 is 6.03 Å². The van der Waals surface area contributed by atoms with Crippen LogP contribution in [0.1, 0.15) is 19.2 Å². The maximum Gasteiger partial charge on any atom is 0.337 e. The second-order valence-corrected chi connectivity index (χ2v) is 4.28. The van der Waals surface area contributed by atoms with Crippen LogP contribution in [0.4, 0.5) is 9.93 Å². The summed E-state index contributed by atoms with van der Waals surface area (Å²) in [5, 5.41) is 2.33. The summed E-state index contributed by atoms with van der Waals surface area (Å²) in [5.41, 5.74) is 0. The van der Waals surface area contributed by atoms with E-state index in [4.69, 9.17) is 0 Å². The van der Waals surface area contributed by atoms with Gasteiger partial charge in [0.25, 0.3) is 0 Å². The molecule has 1 saturated heterocycles. The fourth-order valence-corrected chi connectivity index (χ4v) is 2.22. The molecule has 1 fully saturated rings. The van der Waals surface area contributed by atoms with E-state index in [-0.39, 0.29) is 5.13 Å². The third-order valence-corrected chi connectivity index (χ3v) is 3.18. The topological polar surface area (TPSA) is 92.3 Å². The molecule has 0 saturated carbocycles. The summed E-state index contributed by atoms with van der Waals surface area (Å²) < 4.78 is 3.90. The number of hydrogen-bond donors (Lipinski definition) is 1. The van der Waals surface area contributed by atoms with Crippen molar-refractivity contribution in [2.75, 3.05) is 4.90 Å². The van der Waals surface area contributed by atoms with E-state index in [2.05, 4.69) is 14.7 Å². The third kappa shape index (κ3) is 1.91. The average Bonchev–Trinajstić information content (AvgIpc) is 2.64. The van der Waals surface area contributed by atoms with Gasteiger partial charge in [0.1, 0.15) is 11.7 Å². The number of urea groups is 1. The number of nitrogens with zero attached hydrogens (tertiary/aromatic N) is 3. The number of amides is 4. The highest BCUT2D eigenvalue weighted by Crippen LogP contribution is 2.23. The summed E-state index contributed by atoms with van der Waals surface area (Å²) >= 11 is 0.949. The number of rotatable bonds is 2. The lowest BCUT2D eigenvalue weighted by Gasteiger charge is -2.27. The van der Waals surface area contributed by atoms with E-state index in [0.29, 0.717) is 12.2 Å². The summed E-state index contributed by atoms with van der Waals surface area (Å²) in [6.07, 6.45) is 0.340. The van der Waals surface area contributed by atoms with E-state index in [1.807, 2.05) is 0 Å². The lowest BCUT2D eigenvalue weighted by atomic mass is 10.0. The van der Waals surface area contributed by atoms with Crippen molar-refractivity contribution in [2.45, 2.75) is 20.3 Å². The van der Waals surface area contributed by atoms with Gasteiger partial charge in [0, 0.05) is 11.5 Å². The largest absolute Gasteiger partial charge is 0.337 e. The van der Waals surface area contributed by atoms with Crippen molar-refractivity contribution < 1.29 is 14.4 Å². The van der Waals surface area contributed by atoms with E-state index in [1.54, 1.807) is 13.8 Å². The molecule has 90 valence electrons. The maximum absolute atomic E-state index is 12.0. The fraction of sp³-hybridized carbons (Fsp3) is 0.444. The quantitative estimate of drug-likeness (QED) is 0.774. The molecule has 1 unspecified atom stereocenters. The van der Waals surface area contributed by atoms with Crippen LogP contribution in [0.5, 0.6) is 0 Å². The first-order valence-electron chi connectivity index (χ1n) is 5.03. The number of aryl methyl sites for hydroxylation is 1. The predicted octanol–water partition coefficient (Wildman–Crippen LogP) is 0.456. The molecule has 2 heterocycles. The summed E-state index contributed by atoms with van der Waals surface area (Å²) in [6.45, 7) is 3.37. The van der Waals surface area contributed by atoms with Crippen molar-refractivity contribution in [1.29, 1.82) is 0 Å². The van der Waals surface area contributed by atoms with Gasteiger partial charge in [-0.1, -0.05) is 6.92 Å². The predicted molar refractivity (Wildman–Crippen MR) is 59.5 cm³/mol. The van der Waals surface area contributed by atoms with Crippen molar-refractivity contribution in [1.82, 2.24) is 14.7 Å². The molecular formula is C9H10N4O3S. The first kappa shape index (κ1) is 11.6. The number of anilines is 1. The minimum atomic E-state index is -0.836. The van der Waals surface area contributed by atoms with Gasteiger partial charge in [0.2, 0.25) is 16.9 Å². The van der Waals surface area contributed by atoms with Gasteiger partial charge in [-0.15, -0.1) is 0 Å². The second kappa shape index (κ2) is 4.21. The molecule has 0 spiro atoms. The zero-order chi connectivity index (χ0) is 12.6. The van der Waals surface area contributed by atoms with Crippen LogP contribution in [-0.4, -0.2) is 27.2 Å². The minimum absolute atomic E-state index is 0.191. The van der Waals surface area contributed by atoms with Crippen molar-refractivity contribution in [2.24, 2.45) is 5.92 Å². The van der Waals surface area contributed by atoms with Gasteiger partial charge < -0.3 is 0 Å². The molecule has 17 heavy (non-hydrogen) atoms. The molecular weight excluding hydrogens is 244 g/mol. The van der Waals surface area contributed by atoms with Crippen LogP contribution in [0.25, 0.3) is 0 Å². The van der Waals surface area contributed by atoms with Crippen molar-refractivity contribution in [3.8, 4) is 0 Å². The summed E-state index contributed by atoms with van der Waals surface area (Å²) in [5.74, 6) is -1.45. The number of nitrogens with one attached hydrogen (secondary N) is 1. The molecule has 7 nitrogen and oxygen atoms in total. The highest BCUT2D eigenvalue weighted by Gasteiger charge is 2.41. The lowest BCUT2D eigenvalue weighted by molar-refractivity contribution is -0.134. The van der Waals surface area contributed by atoms with Crippen LogP contribution in [0, 0.1) is 12.8 Å². The molecule has 1 aromatic heterocycles. The van der Waals surface area contributed by atoms with Crippen LogP contribution >= 0.6 is 11.5 Å². The second-order valence-electron chi connectivity index (χ2n) is 3.55. The Morgan fingerprint density at radius 1 is 1.41 bits per heavy atom. The van der Waals surface area contributed by atoms with Crippen LogP contribution in [-0.2, 0) is 9.59 Å². The SMILES string of the molecule is CCC1C(=O)NC(=O)N(c2nc(C)ns2)C1=O. The average molecular weight is 254 g/mol. The zero-order valence-corrected chi connectivity index (χ0v) is 10.1. The van der Waals surface area contributed by atoms with Crippen molar-refractivity contribution >= 4 is 34.5 Å². The summed E-state index contributed by atoms with van der Waals surface area (Å²) in [4.78, 5) is 39.8. The Hall–Kier alpha value is -1.83. The monoisotopic (exact) mass is 254 g/mol. The Morgan fingerprint density at radius 3 is 2.65 bits per heavy atom. The van der Waals surface area contributed by atoms with Gasteiger partial charge in [-0.25, -0.2) is 14.7 Å². The van der Waals surface area contributed by atoms with E-state index in [9.17, 15) is 14.4 Å². The molecule has 1 aliphatic heterocycles. The van der Waals surface area contributed by atoms with Gasteiger partial charge in [-0.2, -0.15) is 4.37 Å². The molecule has 1 atom stereocenters. The molecule has 1 aliphatic rings. The Balaban J connectivity index is 2.36. The number of carbonyl (C=O) groups excluding carboxylic acids is 3. The summed E-state index contributed by atoms with van der Waals surface area (Å²) in [7, 11) is 0.